The summed E-state index contributed by atoms with van der Waals surface area (Å²) in [6.07, 6.45) is 0. The Labute approximate surface area is 131 Å². The van der Waals surface area contributed by atoms with Crippen molar-refractivity contribution in [2.45, 2.75) is 18.7 Å². The zero-order chi connectivity index (χ0) is 15.9. The topological polar surface area (TPSA) is 79.0 Å². The Hall–Kier alpha value is -2.12. The van der Waals surface area contributed by atoms with Crippen LogP contribution in [0.2, 0.25) is 0 Å². The van der Waals surface area contributed by atoms with E-state index in [1.807, 2.05) is 13.0 Å². The van der Waals surface area contributed by atoms with E-state index in [0.717, 1.165) is 16.9 Å². The van der Waals surface area contributed by atoms with Crippen LogP contribution >= 0.6 is 11.3 Å². The van der Waals surface area contributed by atoms with Crippen molar-refractivity contribution in [2.75, 3.05) is 4.72 Å². The molecular formula is C15H14N2O3S2. The third kappa shape index (κ3) is 2.77. The molecule has 3 rings (SSSR count). The summed E-state index contributed by atoms with van der Waals surface area (Å²) in [4.78, 5) is 14.1. The third-order valence-corrected chi connectivity index (χ3v) is 5.68. The van der Waals surface area contributed by atoms with Gasteiger partial charge in [-0.25, -0.2) is 8.42 Å². The van der Waals surface area contributed by atoms with Crippen LogP contribution in [0.25, 0.3) is 10.2 Å². The number of hydrogen-bond acceptors (Lipinski definition) is 4. The summed E-state index contributed by atoms with van der Waals surface area (Å²) in [5.74, 6) is 0. The summed E-state index contributed by atoms with van der Waals surface area (Å²) in [6, 6.07) is 10.2. The van der Waals surface area contributed by atoms with Crippen molar-refractivity contribution in [3.05, 3.63) is 57.2 Å². The van der Waals surface area contributed by atoms with Crippen molar-refractivity contribution in [3.63, 3.8) is 0 Å². The first-order valence-corrected chi connectivity index (χ1v) is 8.88. The molecule has 0 atom stereocenters. The lowest BCUT2D eigenvalue weighted by Gasteiger charge is -2.11. The van der Waals surface area contributed by atoms with Gasteiger partial charge in [0.05, 0.1) is 20.8 Å². The van der Waals surface area contributed by atoms with Gasteiger partial charge in [0.2, 0.25) is 0 Å². The van der Waals surface area contributed by atoms with Crippen LogP contribution in [0.4, 0.5) is 5.69 Å². The first-order chi connectivity index (χ1) is 10.3. The van der Waals surface area contributed by atoms with Crippen molar-refractivity contribution in [3.8, 4) is 0 Å². The van der Waals surface area contributed by atoms with Crippen LogP contribution in [0.5, 0.6) is 0 Å². The van der Waals surface area contributed by atoms with Crippen LogP contribution in [0, 0.1) is 13.8 Å². The Morgan fingerprint density at radius 2 is 1.86 bits per heavy atom. The van der Waals surface area contributed by atoms with Crippen LogP contribution in [0.3, 0.4) is 0 Å². The number of anilines is 1. The molecule has 0 aliphatic heterocycles. The average molecular weight is 334 g/mol. The molecule has 0 unspecified atom stereocenters. The average Bonchev–Trinajstić information content (AvgIpc) is 2.77. The number of fused-ring (bicyclic) bond motifs is 1. The van der Waals surface area contributed by atoms with Crippen LogP contribution in [0.1, 0.15) is 11.1 Å². The number of benzene rings is 2. The highest BCUT2D eigenvalue weighted by atomic mass is 32.2. The fourth-order valence-corrected chi connectivity index (χ4v) is 4.37. The van der Waals surface area contributed by atoms with Gasteiger partial charge in [-0.2, -0.15) is 0 Å². The molecule has 22 heavy (non-hydrogen) atoms. The number of sulfonamides is 1. The number of aromatic nitrogens is 1. The molecule has 0 amide bonds. The predicted molar refractivity (Wildman–Crippen MR) is 89.2 cm³/mol. The Kier molecular flexibility index (Phi) is 3.54. The molecule has 2 aromatic carbocycles. The lowest BCUT2D eigenvalue weighted by Crippen LogP contribution is -2.14. The fraction of sp³-hybridized carbons (Fsp3) is 0.133. The molecule has 3 aromatic rings. The molecule has 0 spiro atoms. The van der Waals surface area contributed by atoms with Crippen LogP contribution < -0.4 is 9.60 Å². The summed E-state index contributed by atoms with van der Waals surface area (Å²) in [6.45, 7) is 3.68. The van der Waals surface area contributed by atoms with Gasteiger partial charge in [0.15, 0.2) is 0 Å². The number of rotatable bonds is 3. The highest BCUT2D eigenvalue weighted by Gasteiger charge is 2.17. The smallest absolute Gasteiger partial charge is 0.305 e. The molecule has 0 fully saturated rings. The number of H-pyrrole nitrogens is 1. The van der Waals surface area contributed by atoms with Crippen molar-refractivity contribution in [1.29, 1.82) is 0 Å². The lowest BCUT2D eigenvalue weighted by molar-refractivity contribution is 0.600. The van der Waals surface area contributed by atoms with E-state index in [1.165, 1.54) is 0 Å². The summed E-state index contributed by atoms with van der Waals surface area (Å²) >= 11 is 1.05. The summed E-state index contributed by atoms with van der Waals surface area (Å²) in [5.41, 5.74) is 2.84. The number of thiazole rings is 1. The maximum atomic E-state index is 12.5. The lowest BCUT2D eigenvalue weighted by atomic mass is 10.2. The monoisotopic (exact) mass is 334 g/mol. The van der Waals surface area contributed by atoms with Gasteiger partial charge in [-0.05, 0) is 43.7 Å². The van der Waals surface area contributed by atoms with Gasteiger partial charge >= 0.3 is 4.87 Å². The Morgan fingerprint density at radius 3 is 2.59 bits per heavy atom. The summed E-state index contributed by atoms with van der Waals surface area (Å²) in [5, 5.41) is 0. The number of aryl methyl sites for hydroxylation is 2. The summed E-state index contributed by atoms with van der Waals surface area (Å²) < 4.78 is 28.3. The second kappa shape index (κ2) is 5.26. The Balaban J connectivity index is 2.00. The molecule has 7 heteroatoms. The van der Waals surface area contributed by atoms with E-state index >= 15 is 0 Å². The second-order valence-corrected chi connectivity index (χ2v) is 7.77. The molecule has 114 valence electrons. The van der Waals surface area contributed by atoms with Gasteiger partial charge < -0.3 is 4.98 Å². The maximum absolute atomic E-state index is 12.5. The molecule has 0 radical (unpaired) electrons. The van der Waals surface area contributed by atoms with Crippen LogP contribution in [-0.4, -0.2) is 13.4 Å². The first-order valence-electron chi connectivity index (χ1n) is 6.58. The first kappa shape index (κ1) is 14.8. The maximum Gasteiger partial charge on any atom is 0.305 e. The second-order valence-electron chi connectivity index (χ2n) is 5.10. The van der Waals surface area contributed by atoms with E-state index in [4.69, 9.17) is 0 Å². The van der Waals surface area contributed by atoms with Crippen molar-refractivity contribution < 1.29 is 8.42 Å². The molecule has 0 saturated carbocycles. The molecular weight excluding hydrogens is 320 g/mol. The standard InChI is InChI=1S/C15H14N2O3S2/c1-9-3-6-14(10(2)7-9)22(19,20)17-11-4-5-12-13(8-11)21-15(18)16-12/h3-8,17H,1-2H3,(H,16,18). The zero-order valence-corrected chi connectivity index (χ0v) is 13.6. The van der Waals surface area contributed by atoms with Crippen LogP contribution in [-0.2, 0) is 10.0 Å². The molecule has 0 aliphatic rings. The third-order valence-electron chi connectivity index (χ3n) is 3.29. The Bertz CT molecular complexity index is 1020. The number of nitrogens with one attached hydrogen (secondary N) is 2. The normalized spacial score (nSPS) is 11.7. The highest BCUT2D eigenvalue weighted by Crippen LogP contribution is 2.23. The van der Waals surface area contributed by atoms with E-state index in [9.17, 15) is 13.2 Å². The Morgan fingerprint density at radius 1 is 1.09 bits per heavy atom. The van der Waals surface area contributed by atoms with E-state index in [0.29, 0.717) is 21.5 Å². The predicted octanol–water partition coefficient (Wildman–Crippen LogP) is 3.01. The minimum atomic E-state index is -3.66. The summed E-state index contributed by atoms with van der Waals surface area (Å²) in [7, 11) is -3.66. The molecule has 1 heterocycles. The van der Waals surface area contributed by atoms with E-state index in [2.05, 4.69) is 9.71 Å². The number of hydrogen-bond donors (Lipinski definition) is 2. The molecule has 2 N–H and O–H groups in total. The van der Waals surface area contributed by atoms with Gasteiger partial charge in [0.25, 0.3) is 10.0 Å². The molecule has 5 nitrogen and oxygen atoms in total. The fourth-order valence-electron chi connectivity index (χ4n) is 2.32. The number of aromatic amines is 1. The largest absolute Gasteiger partial charge is 0.312 e. The van der Waals surface area contributed by atoms with Crippen LogP contribution in [0.15, 0.2) is 46.1 Å². The van der Waals surface area contributed by atoms with Crippen molar-refractivity contribution in [2.24, 2.45) is 0 Å². The minimum Gasteiger partial charge on any atom is -0.312 e. The van der Waals surface area contributed by atoms with Gasteiger partial charge in [-0.3, -0.25) is 9.52 Å². The van der Waals surface area contributed by atoms with Crippen molar-refractivity contribution in [1.82, 2.24) is 4.98 Å². The van der Waals surface area contributed by atoms with E-state index in [1.54, 1.807) is 37.3 Å². The SMILES string of the molecule is Cc1ccc(S(=O)(=O)Nc2ccc3[nH]c(=O)sc3c2)c(C)c1. The molecule has 0 bridgehead atoms. The quantitative estimate of drug-likeness (QED) is 0.773. The van der Waals surface area contributed by atoms with E-state index in [-0.39, 0.29) is 9.77 Å². The highest BCUT2D eigenvalue weighted by molar-refractivity contribution is 7.92. The molecule has 0 aliphatic carbocycles. The van der Waals surface area contributed by atoms with E-state index < -0.39 is 10.0 Å². The van der Waals surface area contributed by atoms with Gasteiger partial charge in [-0.15, -0.1) is 0 Å². The van der Waals surface area contributed by atoms with Gasteiger partial charge in [0, 0.05) is 0 Å². The molecule has 1 aromatic heterocycles. The van der Waals surface area contributed by atoms with Gasteiger partial charge in [-0.1, -0.05) is 29.0 Å². The van der Waals surface area contributed by atoms with Gasteiger partial charge in [0.1, 0.15) is 0 Å². The minimum absolute atomic E-state index is 0.163. The zero-order valence-electron chi connectivity index (χ0n) is 12.0. The van der Waals surface area contributed by atoms with Crippen molar-refractivity contribution >= 4 is 37.3 Å². The molecule has 0 saturated heterocycles.